The monoisotopic (exact) mass is 259 g/mol. The van der Waals surface area contributed by atoms with Crippen LogP contribution < -0.4 is 5.73 Å². The zero-order chi connectivity index (χ0) is 13.3. The maximum atomic E-state index is 13.8. The molecular formula is C12H9F4NO. The van der Waals surface area contributed by atoms with Crippen LogP contribution in [0.4, 0.5) is 17.6 Å². The van der Waals surface area contributed by atoms with Crippen LogP contribution in [0.15, 0.2) is 41.2 Å². The third-order valence-corrected chi connectivity index (χ3v) is 2.57. The first-order valence-electron chi connectivity index (χ1n) is 5.04. The number of rotatable bonds is 2. The van der Waals surface area contributed by atoms with Crippen LogP contribution in [0.2, 0.25) is 0 Å². The van der Waals surface area contributed by atoms with E-state index in [2.05, 4.69) is 0 Å². The summed E-state index contributed by atoms with van der Waals surface area (Å²) in [4.78, 5) is 0. The van der Waals surface area contributed by atoms with E-state index in [0.29, 0.717) is 11.6 Å². The van der Waals surface area contributed by atoms with E-state index in [-0.39, 0.29) is 5.56 Å². The topological polar surface area (TPSA) is 39.2 Å². The van der Waals surface area contributed by atoms with E-state index in [1.807, 2.05) is 0 Å². The number of halogens is 4. The lowest BCUT2D eigenvalue weighted by atomic mass is 9.99. The van der Waals surface area contributed by atoms with E-state index in [1.54, 1.807) is 0 Å². The van der Waals surface area contributed by atoms with Gasteiger partial charge in [0.05, 0.1) is 24.1 Å². The van der Waals surface area contributed by atoms with Gasteiger partial charge < -0.3 is 10.2 Å². The molecule has 0 aliphatic heterocycles. The Morgan fingerprint density at radius 3 is 2.44 bits per heavy atom. The number of hydrogen-bond acceptors (Lipinski definition) is 2. The fourth-order valence-corrected chi connectivity index (χ4v) is 1.64. The fourth-order valence-electron chi connectivity index (χ4n) is 1.64. The molecule has 2 rings (SSSR count). The molecular weight excluding hydrogens is 250 g/mol. The van der Waals surface area contributed by atoms with Crippen molar-refractivity contribution in [2.75, 3.05) is 0 Å². The molecule has 0 bridgehead atoms. The van der Waals surface area contributed by atoms with Gasteiger partial charge in [0.25, 0.3) is 0 Å². The Kier molecular flexibility index (Phi) is 3.13. The minimum atomic E-state index is -4.74. The number of alkyl halides is 3. The molecule has 1 atom stereocenters. The van der Waals surface area contributed by atoms with Crippen LogP contribution in [0.1, 0.15) is 22.7 Å². The lowest BCUT2D eigenvalue weighted by Gasteiger charge is -2.15. The summed E-state index contributed by atoms with van der Waals surface area (Å²) in [5.74, 6) is -1.35. The zero-order valence-electron chi connectivity index (χ0n) is 9.04. The quantitative estimate of drug-likeness (QED) is 0.838. The van der Waals surface area contributed by atoms with Crippen LogP contribution in [0.3, 0.4) is 0 Å². The average Bonchev–Trinajstić information content (AvgIpc) is 2.80. The van der Waals surface area contributed by atoms with Gasteiger partial charge in [0.1, 0.15) is 5.82 Å². The van der Waals surface area contributed by atoms with Gasteiger partial charge in [-0.05, 0) is 12.1 Å². The predicted octanol–water partition coefficient (Wildman–Crippen LogP) is 3.49. The minimum absolute atomic E-state index is 0.216. The van der Waals surface area contributed by atoms with Crippen LogP contribution in [0.25, 0.3) is 0 Å². The van der Waals surface area contributed by atoms with Crippen molar-refractivity contribution in [3.63, 3.8) is 0 Å². The summed E-state index contributed by atoms with van der Waals surface area (Å²) in [5, 5.41) is 0. The van der Waals surface area contributed by atoms with E-state index in [1.165, 1.54) is 24.7 Å². The highest BCUT2D eigenvalue weighted by Gasteiger charge is 2.35. The highest BCUT2D eigenvalue weighted by molar-refractivity contribution is 5.35. The number of hydrogen-bond donors (Lipinski definition) is 1. The molecule has 2 nitrogen and oxygen atoms in total. The molecule has 0 amide bonds. The molecule has 1 unspecified atom stereocenters. The van der Waals surface area contributed by atoms with Crippen LogP contribution in [0.5, 0.6) is 0 Å². The first kappa shape index (κ1) is 12.6. The van der Waals surface area contributed by atoms with E-state index in [0.717, 1.165) is 6.07 Å². The third-order valence-electron chi connectivity index (χ3n) is 2.57. The number of benzene rings is 1. The molecule has 6 heteroatoms. The van der Waals surface area contributed by atoms with Gasteiger partial charge in [-0.3, -0.25) is 0 Å². The van der Waals surface area contributed by atoms with Crippen molar-refractivity contribution in [3.8, 4) is 0 Å². The van der Waals surface area contributed by atoms with Crippen LogP contribution in [-0.4, -0.2) is 0 Å². The molecule has 0 saturated carbocycles. The summed E-state index contributed by atoms with van der Waals surface area (Å²) < 4.78 is 56.2. The Hall–Kier alpha value is -1.82. The minimum Gasteiger partial charge on any atom is -0.472 e. The predicted molar refractivity (Wildman–Crippen MR) is 56.1 cm³/mol. The molecule has 1 aromatic heterocycles. The molecule has 0 fully saturated rings. The van der Waals surface area contributed by atoms with Gasteiger partial charge in [0.15, 0.2) is 0 Å². The Morgan fingerprint density at radius 1 is 1.17 bits per heavy atom. The molecule has 96 valence electrons. The summed E-state index contributed by atoms with van der Waals surface area (Å²) in [6.07, 6.45) is -2.15. The van der Waals surface area contributed by atoms with Crippen LogP contribution >= 0.6 is 0 Å². The van der Waals surface area contributed by atoms with E-state index >= 15 is 0 Å². The maximum Gasteiger partial charge on any atom is 0.419 e. The normalized spacial score (nSPS) is 13.6. The van der Waals surface area contributed by atoms with E-state index < -0.39 is 23.6 Å². The smallest absolute Gasteiger partial charge is 0.419 e. The largest absolute Gasteiger partial charge is 0.472 e. The summed E-state index contributed by atoms with van der Waals surface area (Å²) in [7, 11) is 0. The van der Waals surface area contributed by atoms with Crippen molar-refractivity contribution in [1.29, 1.82) is 0 Å². The molecule has 0 aliphatic carbocycles. The highest BCUT2D eigenvalue weighted by Crippen LogP contribution is 2.34. The lowest BCUT2D eigenvalue weighted by Crippen LogP contribution is -2.16. The maximum absolute atomic E-state index is 13.8. The number of nitrogens with two attached hydrogens (primary N) is 1. The molecule has 0 saturated heterocycles. The number of furan rings is 1. The highest BCUT2D eigenvalue weighted by atomic mass is 19.4. The standard InChI is InChI=1S/C12H9F4NO/c13-10-8(11(17)7-4-5-18-6-7)2-1-3-9(10)12(14,15)16/h1-6,11H,17H2. The molecule has 0 aliphatic rings. The van der Waals surface area contributed by atoms with Crippen molar-refractivity contribution in [2.45, 2.75) is 12.2 Å². The molecule has 2 N–H and O–H groups in total. The Bertz CT molecular complexity index is 534. The van der Waals surface area contributed by atoms with Gasteiger partial charge in [-0.2, -0.15) is 13.2 Å². The Balaban J connectivity index is 2.47. The molecule has 1 heterocycles. The van der Waals surface area contributed by atoms with Crippen LogP contribution in [0, 0.1) is 5.82 Å². The lowest BCUT2D eigenvalue weighted by molar-refractivity contribution is -0.140. The molecule has 1 aromatic carbocycles. The molecule has 2 aromatic rings. The first-order chi connectivity index (χ1) is 8.41. The Morgan fingerprint density at radius 2 is 1.89 bits per heavy atom. The summed E-state index contributed by atoms with van der Waals surface area (Å²) in [5.41, 5.74) is 4.58. The molecule has 18 heavy (non-hydrogen) atoms. The van der Waals surface area contributed by atoms with Crippen molar-refractivity contribution in [1.82, 2.24) is 0 Å². The van der Waals surface area contributed by atoms with Crippen LogP contribution in [-0.2, 0) is 6.18 Å². The van der Waals surface area contributed by atoms with Gasteiger partial charge in [-0.1, -0.05) is 12.1 Å². The average molecular weight is 259 g/mol. The van der Waals surface area contributed by atoms with E-state index in [4.69, 9.17) is 10.2 Å². The SMILES string of the molecule is NC(c1ccoc1)c1cccc(C(F)(F)F)c1F. The van der Waals surface area contributed by atoms with E-state index in [9.17, 15) is 17.6 Å². The second-order valence-electron chi connectivity index (χ2n) is 3.74. The third kappa shape index (κ3) is 2.24. The summed E-state index contributed by atoms with van der Waals surface area (Å²) in [6, 6.07) is 3.51. The second-order valence-corrected chi connectivity index (χ2v) is 3.74. The summed E-state index contributed by atoms with van der Waals surface area (Å²) in [6.45, 7) is 0. The first-order valence-corrected chi connectivity index (χ1v) is 5.04. The van der Waals surface area contributed by atoms with Gasteiger partial charge in [-0.25, -0.2) is 4.39 Å². The van der Waals surface area contributed by atoms with Gasteiger partial charge in [-0.15, -0.1) is 0 Å². The summed E-state index contributed by atoms with van der Waals surface area (Å²) >= 11 is 0. The van der Waals surface area contributed by atoms with Gasteiger partial charge >= 0.3 is 6.18 Å². The van der Waals surface area contributed by atoms with Crippen molar-refractivity contribution in [2.24, 2.45) is 5.73 Å². The molecule has 0 spiro atoms. The van der Waals surface area contributed by atoms with Gasteiger partial charge in [0, 0.05) is 11.1 Å². The Labute approximate surface area is 100 Å². The zero-order valence-corrected chi connectivity index (χ0v) is 9.04. The molecule has 0 radical (unpaired) electrons. The van der Waals surface area contributed by atoms with Gasteiger partial charge in [0.2, 0.25) is 0 Å². The van der Waals surface area contributed by atoms with Crippen molar-refractivity contribution >= 4 is 0 Å². The second kappa shape index (κ2) is 4.45. The van der Waals surface area contributed by atoms with Crippen molar-refractivity contribution < 1.29 is 22.0 Å². The fraction of sp³-hybridized carbons (Fsp3) is 0.167. The van der Waals surface area contributed by atoms with Crippen molar-refractivity contribution in [3.05, 3.63) is 59.3 Å².